The van der Waals surface area contributed by atoms with Gasteiger partial charge in [0.25, 0.3) is 0 Å². The zero-order chi connectivity index (χ0) is 27.1. The summed E-state index contributed by atoms with van der Waals surface area (Å²) >= 11 is 12.3. The second kappa shape index (κ2) is 12.7. The van der Waals surface area contributed by atoms with Gasteiger partial charge in [-0.2, -0.15) is 4.68 Å². The molecular weight excluding hydrogens is 513 g/mol. The predicted octanol–water partition coefficient (Wildman–Crippen LogP) is 5.59. The van der Waals surface area contributed by atoms with Crippen molar-refractivity contribution in [3.8, 4) is 23.8 Å². The number of hydrogen-bond acceptors (Lipinski definition) is 4. The van der Waals surface area contributed by atoms with Gasteiger partial charge in [0.2, 0.25) is 0 Å². The van der Waals surface area contributed by atoms with Crippen molar-refractivity contribution < 1.29 is 9.53 Å². The van der Waals surface area contributed by atoms with Crippen LogP contribution in [0.2, 0.25) is 10.0 Å². The van der Waals surface area contributed by atoms with Crippen LogP contribution >= 0.6 is 23.2 Å². The lowest BCUT2D eigenvalue weighted by Gasteiger charge is -2.12. The zero-order valence-electron chi connectivity index (χ0n) is 21.4. The van der Waals surface area contributed by atoms with Gasteiger partial charge in [-0.25, -0.2) is 9.59 Å². The molecule has 10 heteroatoms. The molecule has 0 saturated carbocycles. The molecule has 8 nitrogen and oxygen atoms in total. The number of terminal acetylenes is 1. The molecule has 0 fully saturated rings. The summed E-state index contributed by atoms with van der Waals surface area (Å²) in [5.41, 5.74) is 2.34. The molecule has 3 aromatic rings. The van der Waals surface area contributed by atoms with E-state index in [4.69, 9.17) is 34.4 Å². The molecule has 4 rings (SSSR count). The molecule has 0 atom stereocenters. The van der Waals surface area contributed by atoms with Crippen LogP contribution in [0.4, 0.5) is 10.5 Å². The maximum atomic E-state index is 12.5. The van der Waals surface area contributed by atoms with Gasteiger partial charge in [-0.05, 0) is 42.5 Å². The smallest absolute Gasteiger partial charge is 0.350 e. The predicted molar refractivity (Wildman–Crippen MR) is 148 cm³/mol. The molecule has 0 aliphatic carbocycles. The first kappa shape index (κ1) is 28.2. The second-order valence-electron chi connectivity index (χ2n) is 9.05. The maximum Gasteiger partial charge on any atom is 0.350 e. The van der Waals surface area contributed by atoms with Gasteiger partial charge in [-0.1, -0.05) is 55.1 Å². The van der Waals surface area contributed by atoms with E-state index in [0.717, 1.165) is 30.8 Å². The van der Waals surface area contributed by atoms with Crippen LogP contribution in [-0.4, -0.2) is 46.0 Å². The third-order valence-corrected chi connectivity index (χ3v) is 6.34. The highest BCUT2D eigenvalue weighted by Gasteiger charge is 2.20. The van der Waals surface area contributed by atoms with Gasteiger partial charge in [0, 0.05) is 38.8 Å². The standard InChI is InChI=1S/C15H13Cl2N3O2.C12H18N2O/c1-2-7-22-13-9-12(10(16)8-11(13)17)20-15(21)19-6-4-3-5-14(19)18-20;1-9(2)10-5-7-11(8-6-10)13-12(15)14(3)4/h1,8-9H,3-7H2;5-9H,1-4H3,(H,13,15). The van der Waals surface area contributed by atoms with Gasteiger partial charge < -0.3 is 15.0 Å². The van der Waals surface area contributed by atoms with E-state index in [1.807, 2.05) is 24.3 Å². The number of hydrogen-bond donors (Lipinski definition) is 1. The van der Waals surface area contributed by atoms with Gasteiger partial charge in [0.1, 0.15) is 18.2 Å². The SMILES string of the molecule is C#CCOc1cc(-n2nc3n(c2=O)CCCC3)c(Cl)cc1Cl.CC(C)c1ccc(NC(=O)N(C)C)cc1. The zero-order valence-corrected chi connectivity index (χ0v) is 22.9. The summed E-state index contributed by atoms with van der Waals surface area (Å²) in [6, 6.07) is 10.9. The van der Waals surface area contributed by atoms with E-state index in [2.05, 4.69) is 30.2 Å². The first-order valence-electron chi connectivity index (χ1n) is 11.9. The van der Waals surface area contributed by atoms with Crippen molar-refractivity contribution in [2.24, 2.45) is 0 Å². The van der Waals surface area contributed by atoms with E-state index in [1.165, 1.54) is 21.2 Å². The number of rotatable bonds is 5. The molecule has 2 amide bonds. The molecule has 1 aliphatic heterocycles. The molecule has 1 N–H and O–H groups in total. The lowest BCUT2D eigenvalue weighted by atomic mass is 10.0. The van der Waals surface area contributed by atoms with Crippen molar-refractivity contribution in [2.75, 3.05) is 26.0 Å². The van der Waals surface area contributed by atoms with E-state index in [9.17, 15) is 9.59 Å². The highest BCUT2D eigenvalue weighted by Crippen LogP contribution is 2.32. The summed E-state index contributed by atoms with van der Waals surface area (Å²) in [7, 11) is 3.44. The quantitative estimate of drug-likeness (QED) is 0.425. The Morgan fingerprint density at radius 1 is 1.19 bits per heavy atom. The normalized spacial score (nSPS) is 12.2. The average Bonchev–Trinajstić information content (AvgIpc) is 3.20. The van der Waals surface area contributed by atoms with E-state index < -0.39 is 0 Å². The number of carbonyl (C=O) groups is 1. The molecule has 1 aromatic heterocycles. The Morgan fingerprint density at radius 3 is 2.49 bits per heavy atom. The third-order valence-electron chi connectivity index (χ3n) is 5.75. The number of aryl methyl sites for hydroxylation is 1. The van der Waals surface area contributed by atoms with Crippen molar-refractivity contribution in [3.63, 3.8) is 0 Å². The largest absolute Gasteiger partial charge is 0.479 e. The number of nitrogens with one attached hydrogen (secondary N) is 1. The van der Waals surface area contributed by atoms with Crippen molar-refractivity contribution in [1.82, 2.24) is 19.2 Å². The average molecular weight is 544 g/mol. The fourth-order valence-corrected chi connectivity index (χ4v) is 4.17. The minimum Gasteiger partial charge on any atom is -0.479 e. The summed E-state index contributed by atoms with van der Waals surface area (Å²) in [6.45, 7) is 5.05. The highest BCUT2D eigenvalue weighted by atomic mass is 35.5. The molecule has 196 valence electrons. The second-order valence-corrected chi connectivity index (χ2v) is 9.86. The molecule has 2 heterocycles. The fraction of sp³-hybridized carbons (Fsp3) is 0.370. The fourth-order valence-electron chi connectivity index (χ4n) is 3.65. The number of fused-ring (bicyclic) bond motifs is 1. The first-order chi connectivity index (χ1) is 17.6. The minimum atomic E-state index is -0.207. The Balaban J connectivity index is 0.000000222. The number of ether oxygens (including phenoxy) is 1. The van der Waals surface area contributed by atoms with Crippen LogP contribution < -0.4 is 15.7 Å². The molecule has 37 heavy (non-hydrogen) atoms. The molecule has 0 radical (unpaired) electrons. The number of amides is 2. The van der Waals surface area contributed by atoms with Crippen LogP contribution in [0.15, 0.2) is 41.2 Å². The topological polar surface area (TPSA) is 81.4 Å². The van der Waals surface area contributed by atoms with E-state index in [0.29, 0.717) is 33.9 Å². The molecular formula is C27H31Cl2N5O3. The van der Waals surface area contributed by atoms with Crippen molar-refractivity contribution in [2.45, 2.75) is 45.6 Å². The van der Waals surface area contributed by atoms with Crippen LogP contribution in [0, 0.1) is 12.3 Å². The van der Waals surface area contributed by atoms with Crippen LogP contribution in [0.1, 0.15) is 44.0 Å². The van der Waals surface area contributed by atoms with Gasteiger partial charge >= 0.3 is 11.7 Å². The maximum absolute atomic E-state index is 12.5. The Kier molecular flexibility index (Phi) is 9.67. The Morgan fingerprint density at radius 2 is 1.89 bits per heavy atom. The highest BCUT2D eigenvalue weighted by molar-refractivity contribution is 6.36. The van der Waals surface area contributed by atoms with Gasteiger partial charge in [-0.15, -0.1) is 11.5 Å². The number of benzene rings is 2. The van der Waals surface area contributed by atoms with E-state index >= 15 is 0 Å². The molecule has 0 unspecified atom stereocenters. The van der Waals surface area contributed by atoms with Crippen LogP contribution in [0.25, 0.3) is 5.69 Å². The lowest BCUT2D eigenvalue weighted by molar-refractivity contribution is 0.230. The van der Waals surface area contributed by atoms with Gasteiger partial charge in [-0.3, -0.25) is 4.57 Å². The molecule has 0 saturated heterocycles. The van der Waals surface area contributed by atoms with Crippen LogP contribution in [0.3, 0.4) is 0 Å². The Bertz CT molecular complexity index is 1340. The van der Waals surface area contributed by atoms with Crippen LogP contribution in [0.5, 0.6) is 5.75 Å². The summed E-state index contributed by atoms with van der Waals surface area (Å²) in [6.07, 6.45) is 7.97. The van der Waals surface area contributed by atoms with Crippen LogP contribution in [-0.2, 0) is 13.0 Å². The number of nitrogens with zero attached hydrogens (tertiary/aromatic N) is 4. The number of halogens is 2. The number of urea groups is 1. The summed E-state index contributed by atoms with van der Waals surface area (Å²) < 4.78 is 8.34. The summed E-state index contributed by atoms with van der Waals surface area (Å²) in [4.78, 5) is 25.3. The van der Waals surface area contributed by atoms with E-state index in [-0.39, 0.29) is 18.3 Å². The third kappa shape index (κ3) is 7.09. The molecule has 2 aromatic carbocycles. The Labute approximate surface area is 227 Å². The van der Waals surface area contributed by atoms with Crippen molar-refractivity contribution >= 4 is 34.9 Å². The number of carbonyl (C=O) groups excluding carboxylic acids is 1. The minimum absolute atomic E-state index is 0.0788. The van der Waals surface area contributed by atoms with Gasteiger partial charge in [0.05, 0.1) is 15.7 Å². The summed E-state index contributed by atoms with van der Waals surface area (Å²) in [5.74, 6) is 4.03. The molecule has 0 bridgehead atoms. The molecule has 1 aliphatic rings. The van der Waals surface area contributed by atoms with Crippen molar-refractivity contribution in [1.29, 1.82) is 0 Å². The summed E-state index contributed by atoms with van der Waals surface area (Å²) in [5, 5.41) is 7.83. The number of aromatic nitrogens is 3. The Hall–Kier alpha value is -3.41. The lowest BCUT2D eigenvalue weighted by Crippen LogP contribution is -2.27. The van der Waals surface area contributed by atoms with Crippen molar-refractivity contribution in [3.05, 3.63) is 68.3 Å². The monoisotopic (exact) mass is 543 g/mol. The van der Waals surface area contributed by atoms with Gasteiger partial charge in [0.15, 0.2) is 0 Å². The first-order valence-corrected chi connectivity index (χ1v) is 12.7. The number of anilines is 1. The molecule has 0 spiro atoms. The van der Waals surface area contributed by atoms with E-state index in [1.54, 1.807) is 24.7 Å².